The lowest BCUT2D eigenvalue weighted by Gasteiger charge is -2.13. The fourth-order valence-electron chi connectivity index (χ4n) is 2.35. The second-order valence-electron chi connectivity index (χ2n) is 4.01. The number of ketones is 1. The summed E-state index contributed by atoms with van der Waals surface area (Å²) in [4.78, 5) is 13.3. The van der Waals surface area contributed by atoms with Gasteiger partial charge in [-0.05, 0) is 12.5 Å². The van der Waals surface area contributed by atoms with Crippen molar-refractivity contribution in [1.29, 1.82) is 0 Å². The number of carbonyl (C=O) groups excluding carboxylic acids is 1. The molecule has 1 aliphatic rings. The summed E-state index contributed by atoms with van der Waals surface area (Å²) >= 11 is 1.71. The minimum Gasteiger partial charge on any atom is -0.496 e. The fourth-order valence-corrected chi connectivity index (χ4v) is 3.53. The van der Waals surface area contributed by atoms with Crippen LogP contribution in [-0.2, 0) is 11.2 Å². The largest absolute Gasteiger partial charge is 0.496 e. The quantitative estimate of drug-likeness (QED) is 0.806. The van der Waals surface area contributed by atoms with Gasteiger partial charge in [0.1, 0.15) is 5.76 Å². The third-order valence-electron chi connectivity index (χ3n) is 3.10. The number of methoxy groups -OCH3 is 1. The smallest absolute Gasteiger partial charge is 0.191 e. The monoisotopic (exact) mass is 244 g/mol. The van der Waals surface area contributed by atoms with Gasteiger partial charge in [-0.15, -0.1) is 11.3 Å². The molecule has 0 amide bonds. The van der Waals surface area contributed by atoms with Crippen molar-refractivity contribution in [1.82, 2.24) is 0 Å². The number of ether oxygens (including phenoxy) is 1. The maximum atomic E-state index is 12.1. The summed E-state index contributed by atoms with van der Waals surface area (Å²) in [5.74, 6) is 0.747. The first-order valence-corrected chi connectivity index (χ1v) is 6.42. The summed E-state index contributed by atoms with van der Waals surface area (Å²) in [6.45, 7) is 2.09. The minimum absolute atomic E-state index is 0.0728. The SMILES string of the molecule is CCc1sc2cccc3c2c1C(=O)C=C3OC. The van der Waals surface area contributed by atoms with E-state index < -0.39 is 0 Å². The van der Waals surface area contributed by atoms with Crippen LogP contribution in [0.2, 0.25) is 0 Å². The van der Waals surface area contributed by atoms with Crippen LogP contribution in [0, 0.1) is 0 Å². The highest BCUT2D eigenvalue weighted by molar-refractivity contribution is 7.19. The minimum atomic E-state index is 0.0728. The van der Waals surface area contributed by atoms with Gasteiger partial charge in [0.2, 0.25) is 0 Å². The number of benzene rings is 1. The molecule has 0 radical (unpaired) electrons. The van der Waals surface area contributed by atoms with Crippen molar-refractivity contribution < 1.29 is 9.53 Å². The highest BCUT2D eigenvalue weighted by Gasteiger charge is 2.25. The number of allylic oxidation sites excluding steroid dienone is 1. The molecule has 1 aromatic carbocycles. The molecule has 0 fully saturated rings. The van der Waals surface area contributed by atoms with E-state index >= 15 is 0 Å². The van der Waals surface area contributed by atoms with Gasteiger partial charge < -0.3 is 4.74 Å². The number of carbonyl (C=O) groups is 1. The van der Waals surface area contributed by atoms with E-state index in [0.29, 0.717) is 5.76 Å². The summed E-state index contributed by atoms with van der Waals surface area (Å²) in [7, 11) is 1.61. The lowest BCUT2D eigenvalue weighted by molar-refractivity contribution is 0.104. The van der Waals surface area contributed by atoms with Crippen LogP contribution in [0.4, 0.5) is 0 Å². The Morgan fingerprint density at radius 1 is 1.35 bits per heavy atom. The van der Waals surface area contributed by atoms with Gasteiger partial charge in [0.25, 0.3) is 0 Å². The molecule has 1 heterocycles. The molecule has 0 atom stereocenters. The van der Waals surface area contributed by atoms with Gasteiger partial charge in [-0.1, -0.05) is 19.1 Å². The van der Waals surface area contributed by atoms with Gasteiger partial charge in [-0.2, -0.15) is 0 Å². The molecule has 86 valence electrons. The third-order valence-corrected chi connectivity index (χ3v) is 4.40. The van der Waals surface area contributed by atoms with Crippen molar-refractivity contribution in [3.63, 3.8) is 0 Å². The molecule has 3 heteroatoms. The molecule has 0 spiro atoms. The van der Waals surface area contributed by atoms with E-state index in [2.05, 4.69) is 13.0 Å². The number of hydrogen-bond donors (Lipinski definition) is 0. The predicted octanol–water partition coefficient (Wildman–Crippen LogP) is 3.65. The zero-order valence-corrected chi connectivity index (χ0v) is 10.6. The normalized spacial score (nSPS) is 14.0. The molecule has 0 saturated heterocycles. The van der Waals surface area contributed by atoms with Gasteiger partial charge >= 0.3 is 0 Å². The van der Waals surface area contributed by atoms with Gasteiger partial charge in [-0.3, -0.25) is 4.79 Å². The van der Waals surface area contributed by atoms with Crippen molar-refractivity contribution in [2.45, 2.75) is 13.3 Å². The van der Waals surface area contributed by atoms with Crippen molar-refractivity contribution >= 4 is 33.0 Å². The van der Waals surface area contributed by atoms with Crippen LogP contribution in [0.25, 0.3) is 15.8 Å². The third kappa shape index (κ3) is 1.35. The van der Waals surface area contributed by atoms with E-state index in [1.807, 2.05) is 12.1 Å². The highest BCUT2D eigenvalue weighted by atomic mass is 32.1. The van der Waals surface area contributed by atoms with Gasteiger partial charge in [0.05, 0.1) is 7.11 Å². The molecular formula is C14H12O2S. The molecule has 0 saturated carbocycles. The maximum absolute atomic E-state index is 12.1. The van der Waals surface area contributed by atoms with Crippen LogP contribution in [-0.4, -0.2) is 12.9 Å². The summed E-state index contributed by atoms with van der Waals surface area (Å²) in [5, 5.41) is 1.07. The van der Waals surface area contributed by atoms with Crippen molar-refractivity contribution in [3.8, 4) is 0 Å². The summed E-state index contributed by atoms with van der Waals surface area (Å²) in [6.07, 6.45) is 2.50. The number of rotatable bonds is 2. The lowest BCUT2D eigenvalue weighted by Crippen LogP contribution is -2.06. The van der Waals surface area contributed by atoms with Crippen LogP contribution < -0.4 is 0 Å². The Bertz CT molecular complexity index is 650. The van der Waals surface area contributed by atoms with E-state index in [1.54, 1.807) is 24.5 Å². The Hall–Kier alpha value is -1.61. The van der Waals surface area contributed by atoms with Crippen LogP contribution in [0.3, 0.4) is 0 Å². The zero-order chi connectivity index (χ0) is 12.0. The molecule has 0 unspecified atom stereocenters. The van der Waals surface area contributed by atoms with E-state index in [4.69, 9.17) is 4.74 Å². The maximum Gasteiger partial charge on any atom is 0.191 e. The van der Waals surface area contributed by atoms with Crippen LogP contribution >= 0.6 is 11.3 Å². The number of thiophene rings is 1. The Kier molecular flexibility index (Phi) is 2.30. The summed E-state index contributed by atoms with van der Waals surface area (Å²) in [6, 6.07) is 6.10. The average Bonchev–Trinajstić information content (AvgIpc) is 2.74. The van der Waals surface area contributed by atoms with E-state index in [-0.39, 0.29) is 5.78 Å². The highest BCUT2D eigenvalue weighted by Crippen LogP contribution is 2.40. The van der Waals surface area contributed by atoms with Gasteiger partial charge in [0.15, 0.2) is 5.78 Å². The van der Waals surface area contributed by atoms with Crippen molar-refractivity contribution in [2.24, 2.45) is 0 Å². The second kappa shape index (κ2) is 3.70. The molecule has 1 aromatic heterocycles. The second-order valence-corrected chi connectivity index (χ2v) is 5.15. The number of hydrogen-bond acceptors (Lipinski definition) is 3. The molecule has 2 nitrogen and oxygen atoms in total. The number of aryl methyl sites for hydroxylation is 1. The molecule has 1 aliphatic carbocycles. The molecule has 2 aromatic rings. The molecule has 3 rings (SSSR count). The first-order chi connectivity index (χ1) is 8.26. The Balaban J connectivity index is 2.44. The first-order valence-electron chi connectivity index (χ1n) is 5.61. The summed E-state index contributed by atoms with van der Waals surface area (Å²) < 4.78 is 6.47. The summed E-state index contributed by atoms with van der Waals surface area (Å²) in [5.41, 5.74) is 1.92. The molecule has 17 heavy (non-hydrogen) atoms. The van der Waals surface area contributed by atoms with Crippen LogP contribution in [0.5, 0.6) is 0 Å². The van der Waals surface area contributed by atoms with Gasteiger partial charge in [-0.25, -0.2) is 0 Å². The van der Waals surface area contributed by atoms with E-state index in [0.717, 1.165) is 22.9 Å². The molecular weight excluding hydrogens is 232 g/mol. The van der Waals surface area contributed by atoms with E-state index in [9.17, 15) is 4.79 Å². The predicted molar refractivity (Wildman–Crippen MR) is 70.5 cm³/mol. The standard InChI is InChI=1S/C14H12O2S/c1-3-11-14-9(15)7-10(16-2)8-5-4-6-12(17-11)13(8)14/h4-7H,3H2,1-2H3. The molecule has 0 bridgehead atoms. The molecule has 0 aliphatic heterocycles. The Morgan fingerprint density at radius 3 is 2.88 bits per heavy atom. The van der Waals surface area contributed by atoms with Crippen molar-refractivity contribution in [2.75, 3.05) is 7.11 Å². The Labute approximate surface area is 104 Å². The van der Waals surface area contributed by atoms with Crippen LogP contribution in [0.15, 0.2) is 24.3 Å². The zero-order valence-electron chi connectivity index (χ0n) is 9.74. The van der Waals surface area contributed by atoms with Crippen LogP contribution in [0.1, 0.15) is 27.7 Å². The Morgan fingerprint density at radius 2 is 2.18 bits per heavy atom. The molecule has 0 N–H and O–H groups in total. The van der Waals surface area contributed by atoms with E-state index in [1.165, 1.54) is 9.58 Å². The topological polar surface area (TPSA) is 26.3 Å². The van der Waals surface area contributed by atoms with Crippen molar-refractivity contribution in [3.05, 3.63) is 40.3 Å². The fraction of sp³-hybridized carbons (Fsp3) is 0.214. The van der Waals surface area contributed by atoms with Gasteiger partial charge in [0, 0.05) is 32.2 Å². The lowest BCUT2D eigenvalue weighted by atomic mass is 9.94. The average molecular weight is 244 g/mol. The first kappa shape index (κ1) is 10.5.